The van der Waals surface area contributed by atoms with E-state index in [0.717, 1.165) is 25.9 Å². The summed E-state index contributed by atoms with van der Waals surface area (Å²) in [7, 11) is 0. The van der Waals surface area contributed by atoms with Crippen LogP contribution in [0.5, 0.6) is 0 Å². The minimum atomic E-state index is -0.915. The van der Waals surface area contributed by atoms with Gasteiger partial charge in [-0.05, 0) is 25.9 Å². The Morgan fingerprint density at radius 3 is 0.615 bits per heavy atom. The molecule has 0 aliphatic heterocycles. The molecule has 0 aromatic heterocycles. The molecule has 0 fully saturated rings. The topological polar surface area (TPSA) is 43.4 Å². The average Bonchev–Trinajstić information content (AvgIpc) is 3.12. The average molecular weight is 758 g/mol. The smallest absolute Gasteiger partial charge is 0.549 e. The predicted molar refractivity (Wildman–Crippen MR) is 227 cm³/mol. The van der Waals surface area contributed by atoms with Crippen LogP contribution in [-0.4, -0.2) is 30.5 Å². The molecule has 0 aromatic rings. The summed E-state index contributed by atoms with van der Waals surface area (Å²) in [5.41, 5.74) is 0. The number of unbranched alkanes of at least 4 members (excludes halogenated alkanes) is 40. The Kier molecular flexibility index (Phi) is 53.1. The van der Waals surface area contributed by atoms with E-state index in [9.17, 15) is 9.90 Å². The van der Waals surface area contributed by atoms with Crippen LogP contribution in [0.4, 0.5) is 0 Å². The Morgan fingerprint density at radius 2 is 0.462 bits per heavy atom. The van der Waals surface area contributed by atoms with Crippen LogP contribution in [0.25, 0.3) is 0 Å². The van der Waals surface area contributed by atoms with Crippen LogP contribution in [0, 0.1) is 0 Å². The van der Waals surface area contributed by atoms with E-state index in [4.69, 9.17) is 0 Å². The first-order chi connectivity index (χ1) is 25.2. The van der Waals surface area contributed by atoms with Gasteiger partial charge < -0.3 is 9.90 Å². The van der Waals surface area contributed by atoms with Gasteiger partial charge in [-0.2, -0.15) is 0 Å². The molecule has 0 N–H and O–H groups in total. The van der Waals surface area contributed by atoms with Gasteiger partial charge in [-0.25, -0.2) is 0 Å². The van der Waals surface area contributed by atoms with Crippen LogP contribution in [0.3, 0.4) is 0 Å². The summed E-state index contributed by atoms with van der Waals surface area (Å²) in [6, 6.07) is 0. The molecule has 3 nitrogen and oxygen atoms in total. The van der Waals surface area contributed by atoms with Crippen LogP contribution in [0.2, 0.25) is 0 Å². The number of carbonyl (C=O) groups is 1. The Balaban J connectivity index is 0. The van der Waals surface area contributed by atoms with Gasteiger partial charge in [0.2, 0.25) is 0 Å². The number of carboxylic acid groups (broad SMARTS) is 1. The fourth-order valence-electron chi connectivity index (χ4n) is 7.99. The number of carbonyl (C=O) groups excluding carboxylic acids is 1. The van der Waals surface area contributed by atoms with Gasteiger partial charge in [0.25, 0.3) is 0 Å². The third-order valence-electron chi connectivity index (χ3n) is 11.5. The van der Waals surface area contributed by atoms with Gasteiger partial charge in [0, 0.05) is 6.54 Å². The van der Waals surface area contributed by atoms with E-state index in [2.05, 4.69) is 18.7 Å². The maximum Gasteiger partial charge on any atom is 1.00 e. The fourth-order valence-corrected chi connectivity index (χ4v) is 7.99. The number of rotatable bonds is 46. The summed E-state index contributed by atoms with van der Waals surface area (Å²) in [4.78, 5) is 13.4. The standard InChI is InChI=1S/C48H97NO2.K/c1-3-5-7-9-11-13-15-17-19-21-23-25-27-29-31-33-35-37-39-41-43-45-49(47-48(50)51)46-44-42-40-38-36-34-32-30-28-26-24-22-20-18-16-14-12-10-8-6-4-2;/h3-47H2,1-2H3,(H,50,51);/q;+1/p-1. The summed E-state index contributed by atoms with van der Waals surface area (Å²) in [6.45, 7) is 6.55. The largest absolute Gasteiger partial charge is 1.00 e. The Hall–Kier alpha value is 1.07. The number of nitrogens with zero attached hydrogens (tertiary/aromatic N) is 1. The predicted octanol–water partition coefficient (Wildman–Crippen LogP) is 12.5. The number of hydrogen-bond donors (Lipinski definition) is 0. The van der Waals surface area contributed by atoms with Gasteiger partial charge in [0.05, 0.1) is 5.97 Å². The van der Waals surface area contributed by atoms with Crippen molar-refractivity contribution in [2.45, 2.75) is 284 Å². The minimum Gasteiger partial charge on any atom is -0.549 e. The van der Waals surface area contributed by atoms with Crippen LogP contribution in [0.1, 0.15) is 284 Å². The van der Waals surface area contributed by atoms with Crippen molar-refractivity contribution in [1.82, 2.24) is 4.90 Å². The Labute approximate surface area is 372 Å². The molecule has 0 aliphatic carbocycles. The first kappa shape index (κ1) is 55.2. The fraction of sp³-hybridized carbons (Fsp3) is 0.979. The van der Waals surface area contributed by atoms with Crippen molar-refractivity contribution >= 4 is 5.97 Å². The second kappa shape index (κ2) is 50.1. The van der Waals surface area contributed by atoms with Gasteiger partial charge >= 0.3 is 51.4 Å². The van der Waals surface area contributed by atoms with Crippen LogP contribution in [0.15, 0.2) is 0 Å². The molecule has 0 rings (SSSR count). The molecule has 0 aliphatic rings. The molecule has 0 spiro atoms. The summed E-state index contributed by atoms with van der Waals surface area (Å²) in [6.07, 6.45) is 58.8. The Morgan fingerprint density at radius 1 is 0.308 bits per heavy atom. The zero-order valence-corrected chi connectivity index (χ0v) is 39.7. The summed E-state index contributed by atoms with van der Waals surface area (Å²) < 4.78 is 0. The third kappa shape index (κ3) is 49.1. The van der Waals surface area contributed by atoms with Gasteiger partial charge in [-0.3, -0.25) is 4.90 Å². The zero-order valence-electron chi connectivity index (χ0n) is 36.6. The second-order valence-corrected chi connectivity index (χ2v) is 16.8. The molecular formula is C48H96KNO2. The summed E-state index contributed by atoms with van der Waals surface area (Å²) >= 11 is 0. The Bertz CT molecular complexity index is 598. The van der Waals surface area contributed by atoms with E-state index in [-0.39, 0.29) is 57.9 Å². The van der Waals surface area contributed by atoms with Crippen molar-refractivity contribution in [3.05, 3.63) is 0 Å². The van der Waals surface area contributed by atoms with Gasteiger partial charge in [-0.15, -0.1) is 0 Å². The molecule has 0 unspecified atom stereocenters. The molecule has 0 saturated carbocycles. The van der Waals surface area contributed by atoms with Crippen LogP contribution < -0.4 is 56.5 Å². The van der Waals surface area contributed by atoms with Crippen molar-refractivity contribution in [2.24, 2.45) is 0 Å². The van der Waals surface area contributed by atoms with E-state index in [1.54, 1.807) is 0 Å². The number of carboxylic acids is 1. The van der Waals surface area contributed by atoms with Crippen molar-refractivity contribution in [3.8, 4) is 0 Å². The maximum absolute atomic E-state index is 11.3. The van der Waals surface area contributed by atoms with E-state index >= 15 is 0 Å². The van der Waals surface area contributed by atoms with Crippen molar-refractivity contribution < 1.29 is 61.3 Å². The minimum absolute atomic E-state index is 0. The van der Waals surface area contributed by atoms with Crippen molar-refractivity contribution in [2.75, 3.05) is 19.6 Å². The quantitative estimate of drug-likeness (QED) is 0.0459. The van der Waals surface area contributed by atoms with Crippen molar-refractivity contribution in [1.29, 1.82) is 0 Å². The maximum atomic E-state index is 11.3. The van der Waals surface area contributed by atoms with Gasteiger partial charge in [-0.1, -0.05) is 271 Å². The summed E-state index contributed by atoms with van der Waals surface area (Å²) in [5.74, 6) is -0.915. The molecule has 0 aromatic carbocycles. The molecule has 52 heavy (non-hydrogen) atoms. The van der Waals surface area contributed by atoms with Gasteiger partial charge in [0.15, 0.2) is 0 Å². The van der Waals surface area contributed by atoms with E-state index in [0.29, 0.717) is 0 Å². The zero-order chi connectivity index (χ0) is 37.0. The molecule has 0 atom stereocenters. The molecule has 0 radical (unpaired) electrons. The first-order valence-corrected chi connectivity index (χ1v) is 24.1. The van der Waals surface area contributed by atoms with Crippen LogP contribution in [-0.2, 0) is 4.79 Å². The number of hydrogen-bond acceptors (Lipinski definition) is 3. The second-order valence-electron chi connectivity index (χ2n) is 16.8. The summed E-state index contributed by atoms with van der Waals surface area (Å²) in [5, 5.41) is 11.3. The molecule has 0 saturated heterocycles. The van der Waals surface area contributed by atoms with E-state index in [1.807, 2.05) is 0 Å². The number of aliphatic carboxylic acids is 1. The molecule has 0 amide bonds. The molecule has 0 heterocycles. The SMILES string of the molecule is CCCCCCCCCCCCCCCCCCCCCCCN(CCCCCCCCCCCCCCCCCCCCCCC)CC(=O)[O-].[K+]. The molecular weight excluding hydrogens is 662 g/mol. The van der Waals surface area contributed by atoms with Crippen molar-refractivity contribution in [3.63, 3.8) is 0 Å². The normalized spacial score (nSPS) is 11.4. The van der Waals surface area contributed by atoms with E-state index < -0.39 is 5.97 Å². The van der Waals surface area contributed by atoms with Gasteiger partial charge in [0.1, 0.15) is 0 Å². The molecule has 4 heteroatoms. The molecule has 0 bridgehead atoms. The molecule has 306 valence electrons. The monoisotopic (exact) mass is 758 g/mol. The van der Waals surface area contributed by atoms with E-state index in [1.165, 1.54) is 257 Å². The third-order valence-corrected chi connectivity index (χ3v) is 11.5. The first-order valence-electron chi connectivity index (χ1n) is 24.1. The van der Waals surface area contributed by atoms with Crippen LogP contribution >= 0.6 is 0 Å².